The number of rotatable bonds is 10. The van der Waals surface area contributed by atoms with Crippen LogP contribution >= 0.6 is 7.82 Å². The van der Waals surface area contributed by atoms with Crippen LogP contribution in [0.15, 0.2) is 0 Å². The second kappa shape index (κ2) is 8.83. The van der Waals surface area contributed by atoms with E-state index in [-0.39, 0.29) is 0 Å². The summed E-state index contributed by atoms with van der Waals surface area (Å²) in [6.45, 7) is 23.2. The van der Waals surface area contributed by atoms with Crippen LogP contribution in [-0.4, -0.2) is 45.4 Å². The van der Waals surface area contributed by atoms with E-state index in [0.29, 0.717) is 0 Å². The van der Waals surface area contributed by atoms with E-state index in [1.807, 2.05) is 78.6 Å². The summed E-state index contributed by atoms with van der Waals surface area (Å²) in [7, 11) is -12.5. The molecule has 0 aliphatic heterocycles. The van der Waals surface area contributed by atoms with Gasteiger partial charge in [0.25, 0.3) is 0 Å². The van der Waals surface area contributed by atoms with Crippen molar-refractivity contribution in [2.45, 2.75) is 84.8 Å². The Labute approximate surface area is 163 Å². The minimum atomic E-state index is -3.93. The second-order valence-corrected chi connectivity index (χ2v) is 30.5. The van der Waals surface area contributed by atoms with Crippen LogP contribution in [-0.2, 0) is 26.7 Å². The van der Waals surface area contributed by atoms with Crippen molar-refractivity contribution in [1.29, 1.82) is 0 Å². The van der Waals surface area contributed by atoms with Crippen molar-refractivity contribution < 1.29 is 26.7 Å². The number of carbonyl (C=O) groups is 1. The zero-order valence-electron chi connectivity index (χ0n) is 18.5. The fourth-order valence-corrected chi connectivity index (χ4v) is 10.1. The lowest BCUT2D eigenvalue weighted by atomic mass is 10.6. The third kappa shape index (κ3) is 13.6. The van der Waals surface area contributed by atoms with Crippen molar-refractivity contribution in [2.75, 3.05) is 0 Å². The third-order valence-electron chi connectivity index (χ3n) is 2.19. The number of phosphoric acid groups is 1. The van der Waals surface area contributed by atoms with Crippen molar-refractivity contribution in [1.82, 2.24) is 4.98 Å². The van der Waals surface area contributed by atoms with E-state index in [9.17, 15) is 9.36 Å². The average molecular weight is 460 g/mol. The first-order valence-corrected chi connectivity index (χ1v) is 24.0. The summed E-state index contributed by atoms with van der Waals surface area (Å²) in [6, 6.07) is 0. The van der Waals surface area contributed by atoms with Crippen molar-refractivity contribution >= 4 is 47.0 Å². The highest BCUT2D eigenvalue weighted by molar-refractivity contribution is 7.52. The maximum atomic E-state index is 13.4. The zero-order valence-corrected chi connectivity index (χ0v) is 23.4. The second-order valence-electron chi connectivity index (χ2n) is 10.3. The summed E-state index contributed by atoms with van der Waals surface area (Å²) in [6.07, 6.45) is -1.17. The first-order chi connectivity index (χ1) is 11.1. The molecular weight excluding hydrogens is 421 g/mol. The highest BCUT2D eigenvalue weighted by atomic mass is 31.2. The lowest BCUT2D eigenvalue weighted by molar-refractivity contribution is -0.144. The molecule has 1 atom stereocenters. The average Bonchev–Trinajstić information content (AvgIpc) is 2.16. The topological polar surface area (TPSA) is 83.1 Å². The Morgan fingerprint density at radius 2 is 1.15 bits per heavy atom. The molecule has 0 aliphatic rings. The molecule has 1 unspecified atom stereocenters. The van der Waals surface area contributed by atoms with Gasteiger partial charge in [-0.15, -0.1) is 0 Å². The molecule has 7 nitrogen and oxygen atoms in total. The molecule has 0 radical (unpaired) electrons. The highest BCUT2D eigenvalue weighted by Gasteiger charge is 2.43. The van der Waals surface area contributed by atoms with Gasteiger partial charge in [-0.25, -0.2) is 9.36 Å². The number of hydrogen-bond acceptors (Lipinski definition) is 7. The molecule has 0 spiro atoms. The molecule has 0 aromatic rings. The van der Waals surface area contributed by atoms with Crippen molar-refractivity contribution in [3.8, 4) is 0 Å². The van der Waals surface area contributed by atoms with Gasteiger partial charge in [0.1, 0.15) is 8.24 Å². The van der Waals surface area contributed by atoms with Gasteiger partial charge in [-0.2, -0.15) is 0 Å². The van der Waals surface area contributed by atoms with Crippen molar-refractivity contribution in [3.63, 3.8) is 0 Å². The van der Waals surface area contributed by atoms with Crippen LogP contribution in [0.25, 0.3) is 0 Å². The van der Waals surface area contributed by atoms with E-state index in [1.165, 1.54) is 0 Å². The molecule has 0 aromatic carbocycles. The van der Waals surface area contributed by atoms with Gasteiger partial charge in [-0.05, 0) is 58.9 Å². The van der Waals surface area contributed by atoms with Crippen LogP contribution in [0.3, 0.4) is 0 Å². The zero-order chi connectivity index (χ0) is 21.2. The lowest BCUT2D eigenvalue weighted by Crippen LogP contribution is -2.54. The Kier molecular flexibility index (Phi) is 8.97. The first-order valence-electron chi connectivity index (χ1n) is 8.81. The fourth-order valence-electron chi connectivity index (χ4n) is 1.74. The quantitative estimate of drug-likeness (QED) is 0.281. The van der Waals surface area contributed by atoms with Crippen molar-refractivity contribution in [2.24, 2.45) is 0 Å². The predicted molar refractivity (Wildman–Crippen MR) is 117 cm³/mol. The fraction of sp³-hybridized carbons (Fsp3) is 0.929. The normalized spacial score (nSPS) is 15.7. The monoisotopic (exact) mass is 459 g/mol. The molecule has 1 N–H and O–H groups in total. The number of nitrogens with one attached hydrogen (secondary N) is 1. The number of carbonyl (C=O) groups excluding carboxylic acids is 1. The SMILES string of the molecule is C[Si](C)(C)NC(OP(=O)(O[Si](C)(C)C)O[Si](C)(C)C)C(=O)O[Si](C)(C)C. The van der Waals surface area contributed by atoms with Gasteiger partial charge in [0.05, 0.1) is 0 Å². The summed E-state index contributed by atoms with van der Waals surface area (Å²) in [5, 5.41) is 0. The van der Waals surface area contributed by atoms with E-state index in [0.717, 1.165) is 0 Å². The highest BCUT2D eigenvalue weighted by Crippen LogP contribution is 2.54. The molecule has 0 fully saturated rings. The summed E-state index contributed by atoms with van der Waals surface area (Å²) < 4.78 is 36.3. The maximum Gasteiger partial charge on any atom is 0.457 e. The Morgan fingerprint density at radius 3 is 1.42 bits per heavy atom. The minimum Gasteiger partial charge on any atom is -0.517 e. The molecule has 0 saturated carbocycles. The largest absolute Gasteiger partial charge is 0.517 e. The molecule has 0 bridgehead atoms. The van der Waals surface area contributed by atoms with Gasteiger partial charge in [-0.3, -0.25) is 4.52 Å². The minimum absolute atomic E-state index is 0.565. The molecule has 26 heavy (non-hydrogen) atoms. The third-order valence-corrected chi connectivity index (χ3v) is 10.8. The lowest BCUT2D eigenvalue weighted by Gasteiger charge is -2.34. The Bertz CT molecular complexity index is 514. The van der Waals surface area contributed by atoms with Crippen LogP contribution in [0.5, 0.6) is 0 Å². The molecule has 12 heteroatoms. The van der Waals surface area contributed by atoms with Gasteiger partial charge in [0.15, 0.2) is 16.6 Å². The summed E-state index contributed by atoms with van der Waals surface area (Å²) in [5.41, 5.74) is 0. The number of hydrogen-bond donors (Lipinski definition) is 1. The molecule has 0 heterocycles. The van der Waals surface area contributed by atoms with E-state index in [2.05, 4.69) is 4.98 Å². The first kappa shape index (κ1) is 26.4. The Balaban J connectivity index is 5.73. The molecular formula is C14H38NO6PSi4. The molecule has 0 aliphatic carbocycles. The van der Waals surface area contributed by atoms with E-state index in [1.54, 1.807) is 0 Å². The molecule has 0 aromatic heterocycles. The molecule has 156 valence electrons. The van der Waals surface area contributed by atoms with E-state index >= 15 is 0 Å². The van der Waals surface area contributed by atoms with Crippen LogP contribution in [0.2, 0.25) is 78.6 Å². The van der Waals surface area contributed by atoms with Crippen LogP contribution in [0.4, 0.5) is 0 Å². The Morgan fingerprint density at radius 1 is 0.769 bits per heavy atom. The van der Waals surface area contributed by atoms with Gasteiger partial charge in [0, 0.05) is 0 Å². The van der Waals surface area contributed by atoms with Gasteiger partial charge in [0.2, 0.25) is 14.5 Å². The summed E-state index contributed by atoms with van der Waals surface area (Å²) >= 11 is 0. The maximum absolute atomic E-state index is 13.4. The molecule has 0 saturated heterocycles. The Hall–Kier alpha value is 0.408. The van der Waals surface area contributed by atoms with E-state index in [4.69, 9.17) is 17.4 Å². The summed E-state index contributed by atoms with van der Waals surface area (Å²) in [4.78, 5) is 15.9. The van der Waals surface area contributed by atoms with Gasteiger partial charge < -0.3 is 17.8 Å². The summed E-state index contributed by atoms with van der Waals surface area (Å²) in [5.74, 6) is -0.565. The van der Waals surface area contributed by atoms with Crippen LogP contribution in [0.1, 0.15) is 0 Å². The molecule has 0 rings (SSSR count). The van der Waals surface area contributed by atoms with Crippen LogP contribution < -0.4 is 4.98 Å². The van der Waals surface area contributed by atoms with Gasteiger partial charge >= 0.3 is 13.8 Å². The standard InChI is InChI=1S/C14H38NO6PSi4/c1-23(2,3)15-13(14(16)19-24(4,5)6)18-22(17,20-25(7,8)9)21-26(10,11)12/h13,15H,1-12H3. The van der Waals surface area contributed by atoms with Gasteiger partial charge in [-0.1, -0.05) is 19.6 Å². The molecule has 0 amide bonds. The van der Waals surface area contributed by atoms with E-state index < -0.39 is 53.2 Å². The van der Waals surface area contributed by atoms with Crippen LogP contribution in [0, 0.1) is 0 Å². The predicted octanol–water partition coefficient (Wildman–Crippen LogP) is 4.94. The van der Waals surface area contributed by atoms with Crippen molar-refractivity contribution in [3.05, 3.63) is 0 Å². The smallest absolute Gasteiger partial charge is 0.457 e.